The lowest BCUT2D eigenvalue weighted by Gasteiger charge is -2.35. The Kier molecular flexibility index (Phi) is 7.10. The van der Waals surface area contributed by atoms with Gasteiger partial charge in [-0.2, -0.15) is 4.31 Å². The van der Waals surface area contributed by atoms with Gasteiger partial charge in [-0.05, 0) is 38.8 Å². The summed E-state index contributed by atoms with van der Waals surface area (Å²) < 4.78 is 31.5. The Morgan fingerprint density at radius 1 is 1.07 bits per heavy atom. The van der Waals surface area contributed by atoms with Gasteiger partial charge >= 0.3 is 0 Å². The number of nitrogens with zero attached hydrogens (tertiary/aromatic N) is 4. The molecular formula is C22H32N4O3S. The predicted molar refractivity (Wildman–Crippen MR) is 119 cm³/mol. The van der Waals surface area contributed by atoms with E-state index in [4.69, 9.17) is 9.72 Å². The summed E-state index contributed by atoms with van der Waals surface area (Å²) in [4.78, 5) is 11.6. The first kappa shape index (κ1) is 22.7. The molecule has 2 aromatic rings. The summed E-state index contributed by atoms with van der Waals surface area (Å²) in [6, 6.07) is 6.47. The van der Waals surface area contributed by atoms with Gasteiger partial charge in [0.1, 0.15) is 11.6 Å². The molecule has 0 spiro atoms. The maximum absolute atomic E-state index is 12.2. The van der Waals surface area contributed by atoms with Crippen molar-refractivity contribution in [3.05, 3.63) is 52.0 Å². The van der Waals surface area contributed by atoms with Crippen molar-refractivity contribution in [2.75, 3.05) is 43.9 Å². The molecule has 8 heteroatoms. The van der Waals surface area contributed by atoms with Crippen LogP contribution >= 0.6 is 0 Å². The molecule has 0 bridgehead atoms. The summed E-state index contributed by atoms with van der Waals surface area (Å²) in [5.41, 5.74) is 5.65. The topological polar surface area (TPSA) is 75.6 Å². The fourth-order valence-electron chi connectivity index (χ4n) is 3.88. The van der Waals surface area contributed by atoms with Gasteiger partial charge in [-0.25, -0.2) is 18.4 Å². The van der Waals surface area contributed by atoms with Gasteiger partial charge < -0.3 is 9.64 Å². The number of aryl methyl sites for hydroxylation is 3. The zero-order valence-corrected chi connectivity index (χ0v) is 19.4. The van der Waals surface area contributed by atoms with Crippen LogP contribution in [-0.2, 0) is 27.8 Å². The standard InChI is InChI=1S/C22H32N4O3S/c1-6-30(27,28)26-11-9-25(10-12-26)22-20(21(15-29-5)23-18(4)24-22)14-19-13-16(2)7-8-17(19)3/h7-8,13H,6,9-12,14-15H2,1-5H3. The van der Waals surface area contributed by atoms with E-state index < -0.39 is 10.0 Å². The Morgan fingerprint density at radius 3 is 2.40 bits per heavy atom. The van der Waals surface area contributed by atoms with Gasteiger partial charge in [-0.15, -0.1) is 0 Å². The molecule has 1 saturated heterocycles. The van der Waals surface area contributed by atoms with Crippen molar-refractivity contribution in [3.8, 4) is 0 Å². The smallest absolute Gasteiger partial charge is 0.213 e. The molecule has 0 radical (unpaired) electrons. The third kappa shape index (κ3) is 4.99. The van der Waals surface area contributed by atoms with Gasteiger partial charge in [0.25, 0.3) is 0 Å². The van der Waals surface area contributed by atoms with Crippen molar-refractivity contribution < 1.29 is 13.2 Å². The van der Waals surface area contributed by atoms with Gasteiger partial charge in [0.05, 0.1) is 18.1 Å². The van der Waals surface area contributed by atoms with Gasteiger partial charge in [0.15, 0.2) is 0 Å². The second-order valence-electron chi connectivity index (χ2n) is 7.85. The number of ether oxygens (including phenoxy) is 1. The van der Waals surface area contributed by atoms with Crippen LogP contribution < -0.4 is 4.90 Å². The van der Waals surface area contributed by atoms with Crippen molar-refractivity contribution in [1.82, 2.24) is 14.3 Å². The normalized spacial score (nSPS) is 15.6. The quantitative estimate of drug-likeness (QED) is 0.670. The van der Waals surface area contributed by atoms with Gasteiger partial charge in [-0.1, -0.05) is 23.8 Å². The molecule has 1 fully saturated rings. The second-order valence-corrected chi connectivity index (χ2v) is 10.1. The van der Waals surface area contributed by atoms with Crippen LogP contribution in [-0.4, -0.2) is 61.7 Å². The van der Waals surface area contributed by atoms with Crippen LogP contribution in [0.3, 0.4) is 0 Å². The molecule has 0 unspecified atom stereocenters. The Bertz CT molecular complexity index is 1000. The summed E-state index contributed by atoms with van der Waals surface area (Å²) >= 11 is 0. The number of rotatable bonds is 7. The fraction of sp³-hybridized carbons (Fsp3) is 0.545. The second kappa shape index (κ2) is 9.41. The van der Waals surface area contributed by atoms with Crippen molar-refractivity contribution >= 4 is 15.8 Å². The van der Waals surface area contributed by atoms with E-state index in [0.29, 0.717) is 38.6 Å². The third-order valence-electron chi connectivity index (χ3n) is 5.63. The maximum atomic E-state index is 12.2. The molecule has 1 aliphatic rings. The minimum atomic E-state index is -3.17. The summed E-state index contributed by atoms with van der Waals surface area (Å²) in [5, 5.41) is 0. The van der Waals surface area contributed by atoms with Crippen LogP contribution in [0.4, 0.5) is 5.82 Å². The Morgan fingerprint density at radius 2 is 1.77 bits per heavy atom. The summed E-state index contributed by atoms with van der Waals surface area (Å²) in [6.07, 6.45) is 0.718. The number of methoxy groups -OCH3 is 1. The molecule has 2 heterocycles. The molecule has 0 amide bonds. The lowest BCUT2D eigenvalue weighted by molar-refractivity contribution is 0.180. The number of sulfonamides is 1. The van der Waals surface area contributed by atoms with Crippen LogP contribution in [0, 0.1) is 20.8 Å². The van der Waals surface area contributed by atoms with E-state index in [1.165, 1.54) is 16.7 Å². The first-order chi connectivity index (χ1) is 14.2. The number of benzene rings is 1. The zero-order chi connectivity index (χ0) is 21.9. The van der Waals surface area contributed by atoms with Crippen molar-refractivity contribution in [2.45, 2.75) is 40.7 Å². The molecule has 1 aliphatic heterocycles. The van der Waals surface area contributed by atoms with Crippen LogP contribution in [0.5, 0.6) is 0 Å². The molecule has 0 N–H and O–H groups in total. The van der Waals surface area contributed by atoms with Crippen LogP contribution in [0.25, 0.3) is 0 Å². The number of piperazine rings is 1. The number of aromatic nitrogens is 2. The van der Waals surface area contributed by atoms with E-state index in [0.717, 1.165) is 23.5 Å². The van der Waals surface area contributed by atoms with E-state index >= 15 is 0 Å². The fourth-order valence-corrected chi connectivity index (χ4v) is 4.96. The molecule has 7 nitrogen and oxygen atoms in total. The van der Waals surface area contributed by atoms with E-state index in [1.807, 2.05) is 6.92 Å². The van der Waals surface area contributed by atoms with Crippen molar-refractivity contribution in [2.24, 2.45) is 0 Å². The Hall–Kier alpha value is -2.03. The minimum Gasteiger partial charge on any atom is -0.378 e. The van der Waals surface area contributed by atoms with Crippen LogP contribution in [0.15, 0.2) is 18.2 Å². The van der Waals surface area contributed by atoms with E-state index in [2.05, 4.69) is 41.9 Å². The molecule has 0 atom stereocenters. The van der Waals surface area contributed by atoms with Crippen LogP contribution in [0.2, 0.25) is 0 Å². The van der Waals surface area contributed by atoms with Gasteiger partial charge in [0, 0.05) is 45.3 Å². The monoisotopic (exact) mass is 432 g/mol. The average Bonchev–Trinajstić information content (AvgIpc) is 2.72. The zero-order valence-electron chi connectivity index (χ0n) is 18.6. The SMILES string of the molecule is CCS(=O)(=O)N1CCN(c2nc(C)nc(COC)c2Cc2cc(C)ccc2C)CC1. The van der Waals surface area contributed by atoms with Crippen molar-refractivity contribution in [1.29, 1.82) is 0 Å². The molecular weight excluding hydrogens is 400 g/mol. The van der Waals surface area contributed by atoms with E-state index in [1.54, 1.807) is 18.3 Å². The summed E-state index contributed by atoms with van der Waals surface area (Å²) in [7, 11) is -1.49. The highest BCUT2D eigenvalue weighted by atomic mass is 32.2. The highest BCUT2D eigenvalue weighted by molar-refractivity contribution is 7.89. The lowest BCUT2D eigenvalue weighted by Crippen LogP contribution is -2.49. The minimum absolute atomic E-state index is 0.134. The summed E-state index contributed by atoms with van der Waals surface area (Å²) in [6.45, 7) is 10.4. The summed E-state index contributed by atoms with van der Waals surface area (Å²) in [5.74, 6) is 1.73. The molecule has 0 saturated carbocycles. The van der Waals surface area contributed by atoms with Crippen LogP contribution in [0.1, 0.15) is 40.7 Å². The van der Waals surface area contributed by atoms with E-state index in [9.17, 15) is 8.42 Å². The Balaban J connectivity index is 1.97. The number of hydrogen-bond acceptors (Lipinski definition) is 6. The highest BCUT2D eigenvalue weighted by Crippen LogP contribution is 2.27. The predicted octanol–water partition coefficient (Wildman–Crippen LogP) is 2.61. The van der Waals surface area contributed by atoms with Gasteiger partial charge in [-0.3, -0.25) is 0 Å². The number of hydrogen-bond donors (Lipinski definition) is 0. The third-order valence-corrected chi connectivity index (χ3v) is 7.51. The first-order valence-corrected chi connectivity index (χ1v) is 12.0. The van der Waals surface area contributed by atoms with E-state index in [-0.39, 0.29) is 5.75 Å². The molecule has 1 aromatic heterocycles. The average molecular weight is 433 g/mol. The number of anilines is 1. The highest BCUT2D eigenvalue weighted by Gasteiger charge is 2.28. The molecule has 1 aromatic carbocycles. The molecule has 3 rings (SSSR count). The Labute approximate surface area is 180 Å². The molecule has 164 valence electrons. The largest absolute Gasteiger partial charge is 0.378 e. The van der Waals surface area contributed by atoms with Gasteiger partial charge in [0.2, 0.25) is 10.0 Å². The molecule has 0 aliphatic carbocycles. The molecule has 30 heavy (non-hydrogen) atoms. The van der Waals surface area contributed by atoms with Crippen molar-refractivity contribution in [3.63, 3.8) is 0 Å². The lowest BCUT2D eigenvalue weighted by atomic mass is 9.97. The maximum Gasteiger partial charge on any atom is 0.213 e. The first-order valence-electron chi connectivity index (χ1n) is 10.4.